The number of rotatable bonds is 3. The molecule has 0 saturated heterocycles. The Balaban J connectivity index is 2.62. The Hall–Kier alpha value is -3.77. The van der Waals surface area contributed by atoms with Crippen molar-refractivity contribution in [1.82, 2.24) is 9.78 Å². The van der Waals surface area contributed by atoms with Crippen molar-refractivity contribution in [2.75, 3.05) is 5.32 Å². The second-order valence-electron chi connectivity index (χ2n) is 4.39. The van der Waals surface area contributed by atoms with Crippen molar-refractivity contribution in [3.05, 3.63) is 53.5 Å². The van der Waals surface area contributed by atoms with Crippen LogP contribution in [0.1, 0.15) is 5.56 Å². The van der Waals surface area contributed by atoms with E-state index in [0.29, 0.717) is 0 Å². The summed E-state index contributed by atoms with van der Waals surface area (Å²) in [4.78, 5) is 0. The van der Waals surface area contributed by atoms with Gasteiger partial charge in [-0.2, -0.15) is 34.1 Å². The number of aromatic nitrogens is 2. The minimum atomic E-state index is -4.59. The molecule has 1 N–H and O–H groups in total. The van der Waals surface area contributed by atoms with Gasteiger partial charge in [-0.3, -0.25) is 0 Å². The van der Waals surface area contributed by atoms with Crippen LogP contribution in [0.15, 0.2) is 47.9 Å². The molecular formula is C15H7F3N6. The number of nitrogens with one attached hydrogen (secondary N) is 1. The second-order valence-corrected chi connectivity index (χ2v) is 4.39. The predicted octanol–water partition coefficient (Wildman–Crippen LogP) is 3.13. The van der Waals surface area contributed by atoms with E-state index >= 15 is 0 Å². The van der Waals surface area contributed by atoms with E-state index < -0.39 is 23.0 Å². The number of nitriles is 3. The first-order chi connectivity index (χ1) is 11.4. The van der Waals surface area contributed by atoms with Crippen LogP contribution in [0.25, 0.3) is 5.69 Å². The molecule has 0 bridgehead atoms. The van der Waals surface area contributed by atoms with Crippen LogP contribution in [0.2, 0.25) is 0 Å². The van der Waals surface area contributed by atoms with Gasteiger partial charge in [-0.05, 0) is 24.3 Å². The van der Waals surface area contributed by atoms with E-state index in [0.717, 1.165) is 12.1 Å². The summed E-state index contributed by atoms with van der Waals surface area (Å²) in [7, 11) is 0. The Morgan fingerprint density at radius 2 is 1.83 bits per heavy atom. The van der Waals surface area contributed by atoms with E-state index in [1.165, 1.54) is 35.3 Å². The van der Waals surface area contributed by atoms with Gasteiger partial charge in [0.05, 0.1) is 16.9 Å². The predicted molar refractivity (Wildman–Crippen MR) is 76.1 cm³/mol. The molecule has 0 aliphatic carbocycles. The smallest absolute Gasteiger partial charge is 0.343 e. The van der Waals surface area contributed by atoms with Crippen LogP contribution in [0.3, 0.4) is 0 Å². The Kier molecular flexibility index (Phi) is 4.53. The molecule has 0 radical (unpaired) electrons. The minimum absolute atomic E-state index is 0.118. The summed E-state index contributed by atoms with van der Waals surface area (Å²) in [6, 6.07) is 9.00. The van der Waals surface area contributed by atoms with Gasteiger partial charge in [0.1, 0.15) is 23.9 Å². The molecule has 1 aromatic carbocycles. The molecule has 118 valence electrons. The quantitative estimate of drug-likeness (QED) is 0.872. The Morgan fingerprint density at radius 3 is 2.33 bits per heavy atom. The molecule has 24 heavy (non-hydrogen) atoms. The highest BCUT2D eigenvalue weighted by atomic mass is 19.4. The number of halogens is 3. The summed E-state index contributed by atoms with van der Waals surface area (Å²) in [5.74, 6) is 0. The molecule has 1 aromatic heterocycles. The zero-order valence-electron chi connectivity index (χ0n) is 11.8. The molecule has 0 atom stereocenters. The Labute approximate surface area is 134 Å². The molecule has 1 heterocycles. The van der Waals surface area contributed by atoms with Gasteiger partial charge in [0.2, 0.25) is 0 Å². The molecule has 0 unspecified atom stereocenters. The molecule has 0 spiro atoms. The zero-order chi connectivity index (χ0) is 17.7. The summed E-state index contributed by atoms with van der Waals surface area (Å²) >= 11 is 0. The molecule has 0 saturated carbocycles. The van der Waals surface area contributed by atoms with E-state index in [4.69, 9.17) is 15.8 Å². The molecule has 0 fully saturated rings. The fourth-order valence-corrected chi connectivity index (χ4v) is 1.84. The lowest BCUT2D eigenvalue weighted by Crippen LogP contribution is -2.10. The lowest BCUT2D eigenvalue weighted by Gasteiger charge is -2.14. The number of benzene rings is 1. The van der Waals surface area contributed by atoms with Gasteiger partial charge in [-0.25, -0.2) is 4.68 Å². The highest BCUT2D eigenvalue weighted by molar-refractivity contribution is 5.68. The van der Waals surface area contributed by atoms with Crippen molar-refractivity contribution < 1.29 is 13.2 Å². The average Bonchev–Trinajstić information content (AvgIpc) is 3.08. The maximum Gasteiger partial charge on any atom is 0.416 e. The van der Waals surface area contributed by atoms with Gasteiger partial charge in [0, 0.05) is 12.4 Å². The van der Waals surface area contributed by atoms with Crippen molar-refractivity contribution in [1.29, 1.82) is 15.8 Å². The fraction of sp³-hybridized carbons (Fsp3) is 0.0667. The third-order valence-electron chi connectivity index (χ3n) is 2.92. The average molecular weight is 328 g/mol. The van der Waals surface area contributed by atoms with Gasteiger partial charge < -0.3 is 5.32 Å². The molecule has 0 aliphatic heterocycles. The largest absolute Gasteiger partial charge is 0.416 e. The summed E-state index contributed by atoms with van der Waals surface area (Å²) in [5.41, 5.74) is -1.84. The molecule has 6 nitrogen and oxygen atoms in total. The summed E-state index contributed by atoms with van der Waals surface area (Å²) in [6.07, 6.45) is -1.67. The molecule has 2 aromatic rings. The Morgan fingerprint density at radius 1 is 1.12 bits per heavy atom. The summed E-state index contributed by atoms with van der Waals surface area (Å²) in [5, 5.41) is 33.0. The van der Waals surface area contributed by atoms with Crippen molar-refractivity contribution in [3.8, 4) is 23.9 Å². The molecule has 0 aliphatic rings. The number of allylic oxidation sites excluding steroid dienone is 2. The van der Waals surface area contributed by atoms with Gasteiger partial charge in [0.15, 0.2) is 5.57 Å². The highest BCUT2D eigenvalue weighted by Gasteiger charge is 2.31. The third kappa shape index (κ3) is 3.34. The summed E-state index contributed by atoms with van der Waals surface area (Å²) < 4.78 is 40.0. The van der Waals surface area contributed by atoms with Crippen LogP contribution in [0.5, 0.6) is 0 Å². The van der Waals surface area contributed by atoms with Crippen LogP contribution in [0, 0.1) is 34.0 Å². The molecule has 0 amide bonds. The standard InChI is InChI=1S/C15H7F3N6/c16-15(17,18)11-2-3-14(24-5-1-4-22-24)12(6-11)23-13(9-21)10(7-19)8-20/h1-6,23H. The van der Waals surface area contributed by atoms with Crippen molar-refractivity contribution >= 4 is 5.69 Å². The van der Waals surface area contributed by atoms with Gasteiger partial charge >= 0.3 is 6.18 Å². The molecular weight excluding hydrogens is 321 g/mol. The SMILES string of the molecule is N#CC(C#N)=C(C#N)Nc1cc(C(F)(F)F)ccc1-n1cccn1. The third-order valence-corrected chi connectivity index (χ3v) is 2.92. The summed E-state index contributed by atoms with van der Waals surface area (Å²) in [6.45, 7) is 0. The first-order valence-electron chi connectivity index (χ1n) is 6.33. The van der Waals surface area contributed by atoms with Crippen LogP contribution in [-0.4, -0.2) is 9.78 Å². The van der Waals surface area contributed by atoms with E-state index in [2.05, 4.69) is 10.4 Å². The highest BCUT2D eigenvalue weighted by Crippen LogP contribution is 2.33. The first kappa shape index (κ1) is 16.6. The number of hydrogen-bond acceptors (Lipinski definition) is 5. The fourth-order valence-electron chi connectivity index (χ4n) is 1.84. The van der Waals surface area contributed by atoms with Crippen LogP contribution >= 0.6 is 0 Å². The number of anilines is 1. The van der Waals surface area contributed by atoms with E-state index in [1.54, 1.807) is 12.1 Å². The van der Waals surface area contributed by atoms with Gasteiger partial charge in [-0.1, -0.05) is 0 Å². The van der Waals surface area contributed by atoms with Crippen LogP contribution in [0.4, 0.5) is 18.9 Å². The number of alkyl halides is 3. The van der Waals surface area contributed by atoms with Crippen molar-refractivity contribution in [3.63, 3.8) is 0 Å². The van der Waals surface area contributed by atoms with E-state index in [9.17, 15) is 13.2 Å². The van der Waals surface area contributed by atoms with E-state index in [1.807, 2.05) is 0 Å². The number of nitrogens with zero attached hydrogens (tertiary/aromatic N) is 5. The van der Waals surface area contributed by atoms with Gasteiger partial charge in [-0.15, -0.1) is 0 Å². The van der Waals surface area contributed by atoms with Gasteiger partial charge in [0.25, 0.3) is 0 Å². The minimum Gasteiger partial charge on any atom is -0.343 e. The van der Waals surface area contributed by atoms with Crippen LogP contribution < -0.4 is 5.32 Å². The zero-order valence-corrected chi connectivity index (χ0v) is 11.8. The van der Waals surface area contributed by atoms with Crippen LogP contribution in [-0.2, 0) is 6.18 Å². The lowest BCUT2D eigenvalue weighted by atomic mass is 10.1. The molecule has 9 heteroatoms. The second kappa shape index (κ2) is 6.55. The van der Waals surface area contributed by atoms with Crippen molar-refractivity contribution in [2.24, 2.45) is 0 Å². The maximum absolute atomic E-state index is 12.9. The Bertz CT molecular complexity index is 889. The first-order valence-corrected chi connectivity index (χ1v) is 6.33. The maximum atomic E-state index is 12.9. The lowest BCUT2D eigenvalue weighted by molar-refractivity contribution is -0.137. The van der Waals surface area contributed by atoms with E-state index in [-0.39, 0.29) is 11.4 Å². The van der Waals surface area contributed by atoms with Crippen molar-refractivity contribution in [2.45, 2.75) is 6.18 Å². The topological polar surface area (TPSA) is 101 Å². The number of hydrogen-bond donors (Lipinski definition) is 1. The monoisotopic (exact) mass is 328 g/mol. The normalized spacial score (nSPS) is 10.2. The molecule has 2 rings (SSSR count).